The number of imide groups is 1. The van der Waals surface area contributed by atoms with Crippen molar-refractivity contribution >= 4 is 29.3 Å². The highest BCUT2D eigenvalue weighted by atomic mass is 35.5. The molecule has 0 radical (unpaired) electrons. The lowest BCUT2D eigenvalue weighted by Gasteiger charge is -2.45. The van der Waals surface area contributed by atoms with E-state index < -0.39 is 17.7 Å². The van der Waals surface area contributed by atoms with Gasteiger partial charge in [-0.1, -0.05) is 60.1 Å². The summed E-state index contributed by atoms with van der Waals surface area (Å²) in [6.45, 7) is 1.49. The second-order valence-corrected chi connectivity index (χ2v) is 9.45. The molecule has 1 fully saturated rings. The molecule has 1 aliphatic heterocycles. The fourth-order valence-electron chi connectivity index (χ4n) is 5.86. The van der Waals surface area contributed by atoms with E-state index in [-0.39, 0.29) is 30.3 Å². The maximum atomic E-state index is 13.5. The normalized spacial score (nSPS) is 23.9. The molecule has 0 aromatic heterocycles. The Hall–Kier alpha value is -3.64. The third-order valence-corrected chi connectivity index (χ3v) is 7.42. The molecule has 0 spiro atoms. The zero-order chi connectivity index (χ0) is 23.6. The van der Waals surface area contributed by atoms with Crippen LogP contribution in [0.15, 0.2) is 66.7 Å². The van der Waals surface area contributed by atoms with E-state index in [9.17, 15) is 14.4 Å². The molecule has 7 heteroatoms. The number of hydrogen-bond acceptors (Lipinski definition) is 4. The number of benzene rings is 3. The van der Waals surface area contributed by atoms with Crippen LogP contribution in [0, 0.1) is 18.8 Å². The smallest absolute Gasteiger partial charge is 0.276 e. The van der Waals surface area contributed by atoms with Gasteiger partial charge in [0.1, 0.15) is 5.75 Å². The molecule has 0 unspecified atom stereocenters. The van der Waals surface area contributed by atoms with Crippen LogP contribution in [-0.2, 0) is 14.4 Å². The number of nitrogens with zero attached hydrogens (tertiary/aromatic N) is 1. The molecule has 0 saturated carbocycles. The van der Waals surface area contributed by atoms with Gasteiger partial charge in [-0.15, -0.1) is 0 Å². The molecule has 170 valence electrons. The molecule has 34 heavy (non-hydrogen) atoms. The van der Waals surface area contributed by atoms with Crippen molar-refractivity contribution in [3.05, 3.63) is 99.6 Å². The lowest BCUT2D eigenvalue weighted by molar-refractivity contribution is -0.149. The summed E-state index contributed by atoms with van der Waals surface area (Å²) in [6, 6.07) is 21.1. The van der Waals surface area contributed by atoms with E-state index in [1.807, 2.05) is 55.5 Å². The minimum absolute atomic E-state index is 0.214. The molecule has 3 aromatic rings. The fraction of sp³-hybridized carbons (Fsp3) is 0.222. The summed E-state index contributed by atoms with van der Waals surface area (Å²) in [6.07, 6.45) is 0. The number of hydrogen-bond donors (Lipinski definition) is 1. The Morgan fingerprint density at radius 3 is 1.85 bits per heavy atom. The van der Waals surface area contributed by atoms with Crippen LogP contribution in [0.25, 0.3) is 0 Å². The maximum absolute atomic E-state index is 13.5. The van der Waals surface area contributed by atoms with Crippen molar-refractivity contribution in [2.24, 2.45) is 11.8 Å². The van der Waals surface area contributed by atoms with E-state index >= 15 is 0 Å². The average molecular weight is 473 g/mol. The van der Waals surface area contributed by atoms with E-state index in [0.29, 0.717) is 10.8 Å². The summed E-state index contributed by atoms with van der Waals surface area (Å²) in [5.41, 5.74) is 7.63. The molecule has 3 aromatic carbocycles. The van der Waals surface area contributed by atoms with E-state index in [2.05, 4.69) is 5.43 Å². The zero-order valence-electron chi connectivity index (χ0n) is 18.3. The van der Waals surface area contributed by atoms with Crippen molar-refractivity contribution in [3.8, 4) is 5.75 Å². The second kappa shape index (κ2) is 7.71. The van der Waals surface area contributed by atoms with E-state index in [0.717, 1.165) is 32.8 Å². The fourth-order valence-corrected chi connectivity index (χ4v) is 6.09. The number of carbonyl (C=O) groups excluding carboxylic acids is 3. The van der Waals surface area contributed by atoms with Crippen LogP contribution < -0.4 is 10.2 Å². The van der Waals surface area contributed by atoms with Crippen LogP contribution in [-0.4, -0.2) is 29.3 Å². The van der Waals surface area contributed by atoms with Crippen molar-refractivity contribution in [2.75, 3.05) is 6.61 Å². The number of aryl methyl sites for hydroxylation is 1. The molecule has 1 N–H and O–H groups in total. The predicted molar refractivity (Wildman–Crippen MR) is 125 cm³/mol. The number of carbonyl (C=O) groups is 3. The number of halogens is 1. The third-order valence-electron chi connectivity index (χ3n) is 7.18. The van der Waals surface area contributed by atoms with Gasteiger partial charge < -0.3 is 4.74 Å². The van der Waals surface area contributed by atoms with Crippen molar-refractivity contribution in [1.29, 1.82) is 0 Å². The third kappa shape index (κ3) is 2.98. The Balaban J connectivity index is 1.27. The van der Waals surface area contributed by atoms with Crippen LogP contribution in [0.3, 0.4) is 0 Å². The largest absolute Gasteiger partial charge is 0.483 e. The standard InChI is InChI=1S/C27H21ClN2O4/c1-14-12-15(28)10-11-20(14)34-13-21(31)29-30-26(32)24-22-16-6-2-3-7-17(16)23(25(24)27(30)33)19-9-5-4-8-18(19)22/h2-12,22-25H,13H2,1H3,(H,29,31)/t22?,23?,24-,25-/m0/s1. The summed E-state index contributed by atoms with van der Waals surface area (Å²) in [7, 11) is 0. The van der Waals surface area contributed by atoms with Crippen LogP contribution in [0.5, 0.6) is 5.75 Å². The summed E-state index contributed by atoms with van der Waals surface area (Å²) in [5, 5.41) is 1.48. The van der Waals surface area contributed by atoms with Crippen LogP contribution >= 0.6 is 11.6 Å². The summed E-state index contributed by atoms with van der Waals surface area (Å²) < 4.78 is 5.59. The van der Waals surface area contributed by atoms with E-state index in [1.54, 1.807) is 18.2 Å². The van der Waals surface area contributed by atoms with Gasteiger partial charge in [-0.05, 0) is 52.9 Å². The number of rotatable bonds is 4. The molecule has 6 nitrogen and oxygen atoms in total. The topological polar surface area (TPSA) is 75.7 Å². The van der Waals surface area contributed by atoms with Crippen molar-refractivity contribution in [3.63, 3.8) is 0 Å². The minimum Gasteiger partial charge on any atom is -0.483 e. The number of hydrazine groups is 1. The molecule has 7 rings (SSSR count). The van der Waals surface area contributed by atoms with Gasteiger partial charge in [0.2, 0.25) is 0 Å². The molecule has 3 aliphatic carbocycles. The number of nitrogens with one attached hydrogen (secondary N) is 1. The number of amides is 3. The van der Waals surface area contributed by atoms with Gasteiger partial charge in [-0.3, -0.25) is 19.8 Å². The van der Waals surface area contributed by atoms with Crippen molar-refractivity contribution in [1.82, 2.24) is 10.4 Å². The maximum Gasteiger partial charge on any atom is 0.276 e. The first-order valence-electron chi connectivity index (χ1n) is 11.2. The molecule has 2 atom stereocenters. The summed E-state index contributed by atoms with van der Waals surface area (Å²) in [4.78, 5) is 39.6. The van der Waals surface area contributed by atoms with Crippen molar-refractivity contribution in [2.45, 2.75) is 18.8 Å². The molecule has 1 saturated heterocycles. The first-order chi connectivity index (χ1) is 16.5. The first-order valence-corrected chi connectivity index (χ1v) is 11.6. The zero-order valence-corrected chi connectivity index (χ0v) is 19.1. The van der Waals surface area contributed by atoms with Crippen LogP contribution in [0.1, 0.15) is 39.7 Å². The highest BCUT2D eigenvalue weighted by molar-refractivity contribution is 6.30. The molecule has 4 aliphatic rings. The minimum atomic E-state index is -0.572. The lowest BCUT2D eigenvalue weighted by Crippen LogP contribution is -2.48. The van der Waals surface area contributed by atoms with Crippen LogP contribution in [0.4, 0.5) is 0 Å². The van der Waals surface area contributed by atoms with Gasteiger partial charge in [0.25, 0.3) is 17.7 Å². The highest BCUT2D eigenvalue weighted by Gasteiger charge is 2.62. The Morgan fingerprint density at radius 1 is 0.882 bits per heavy atom. The van der Waals surface area contributed by atoms with Gasteiger partial charge >= 0.3 is 0 Å². The first kappa shape index (κ1) is 20.9. The van der Waals surface area contributed by atoms with E-state index in [1.165, 1.54) is 0 Å². The summed E-state index contributed by atoms with van der Waals surface area (Å²) in [5.74, 6) is -2.31. The Morgan fingerprint density at radius 2 is 1.38 bits per heavy atom. The number of ether oxygens (including phenoxy) is 1. The Kier molecular flexibility index (Phi) is 4.74. The van der Waals surface area contributed by atoms with Gasteiger partial charge in [0, 0.05) is 16.9 Å². The molecule has 1 heterocycles. The lowest BCUT2D eigenvalue weighted by atomic mass is 9.55. The summed E-state index contributed by atoms with van der Waals surface area (Å²) >= 11 is 5.96. The van der Waals surface area contributed by atoms with Gasteiger partial charge in [0.15, 0.2) is 6.61 Å². The van der Waals surface area contributed by atoms with E-state index in [4.69, 9.17) is 16.3 Å². The Bertz CT molecular complexity index is 1250. The molecule has 3 amide bonds. The van der Waals surface area contributed by atoms with Crippen LogP contribution in [0.2, 0.25) is 5.02 Å². The monoisotopic (exact) mass is 472 g/mol. The van der Waals surface area contributed by atoms with Gasteiger partial charge in [-0.25, -0.2) is 0 Å². The average Bonchev–Trinajstić information content (AvgIpc) is 3.09. The van der Waals surface area contributed by atoms with Crippen molar-refractivity contribution < 1.29 is 19.1 Å². The second-order valence-electron chi connectivity index (χ2n) is 9.01. The Labute approximate surface area is 201 Å². The SMILES string of the molecule is Cc1cc(Cl)ccc1OCC(=O)NN1C(=O)[C@H]2C3c4ccccc4C(c4ccccc43)[C@@H]2C1=O. The van der Waals surface area contributed by atoms with Gasteiger partial charge in [0.05, 0.1) is 11.8 Å². The molecule has 2 bridgehead atoms. The van der Waals surface area contributed by atoms with Gasteiger partial charge in [-0.2, -0.15) is 5.01 Å². The molecular weight excluding hydrogens is 452 g/mol. The predicted octanol–water partition coefficient (Wildman–Crippen LogP) is 3.95. The molecular formula is C27H21ClN2O4. The highest BCUT2D eigenvalue weighted by Crippen LogP contribution is 2.60. The quantitative estimate of drug-likeness (QED) is 0.583.